The number of unbranched alkanes of at least 4 members (excludes halogenated alkanes) is 2. The van der Waals surface area contributed by atoms with E-state index in [1.54, 1.807) is 27.7 Å². The summed E-state index contributed by atoms with van der Waals surface area (Å²) in [7, 11) is 0. The lowest BCUT2D eigenvalue weighted by molar-refractivity contribution is -0.144. The number of amides is 10. The number of benzene rings is 1. The summed E-state index contributed by atoms with van der Waals surface area (Å²) in [5, 5.41) is 42.6. The lowest BCUT2D eigenvalue weighted by atomic mass is 10.00. The first-order chi connectivity index (χ1) is 41.1. The topological polar surface area (TPSA) is 402 Å². The van der Waals surface area contributed by atoms with E-state index in [2.05, 4.69) is 42.4 Å². The van der Waals surface area contributed by atoms with Crippen molar-refractivity contribution in [3.05, 3.63) is 29.3 Å². The highest BCUT2D eigenvalue weighted by atomic mass is 32.2. The normalized spacial score (nSPS) is 26.9. The number of nitrogens with two attached hydrogens (primary N) is 2. The van der Waals surface area contributed by atoms with Gasteiger partial charge >= 0.3 is 5.97 Å². The Kier molecular flexibility index (Phi) is 29.2. The van der Waals surface area contributed by atoms with Gasteiger partial charge in [-0.05, 0) is 112 Å². The molecule has 9 atom stereocenters. The summed E-state index contributed by atoms with van der Waals surface area (Å²) in [5.74, 6) is -9.41. The molecule has 86 heavy (non-hydrogen) atoms. The van der Waals surface area contributed by atoms with Crippen LogP contribution in [0.5, 0.6) is 5.75 Å². The second-order valence-corrected chi connectivity index (χ2v) is 24.8. The van der Waals surface area contributed by atoms with E-state index in [1.165, 1.54) is 33.3 Å². The van der Waals surface area contributed by atoms with Crippen molar-refractivity contribution in [2.24, 2.45) is 28.5 Å². The minimum absolute atomic E-state index is 0.00682. The Hall–Kier alpha value is -6.72. The van der Waals surface area contributed by atoms with Crippen LogP contribution in [-0.2, 0) is 69.1 Å². The van der Waals surface area contributed by atoms with E-state index in [-0.39, 0.29) is 74.3 Å². The zero-order chi connectivity index (χ0) is 62.9. The number of hydrogen-bond donors (Lipinski definition) is 11. The number of carboxylic acids is 1. The fourth-order valence-electron chi connectivity index (χ4n) is 10.4. The van der Waals surface area contributed by atoms with Crippen LogP contribution < -0.4 is 53.4 Å². The average molecular weight is 1250 g/mol. The minimum atomic E-state index is -1.78. The lowest BCUT2D eigenvalue weighted by Crippen LogP contribution is -2.61. The van der Waals surface area contributed by atoms with Crippen molar-refractivity contribution in [2.45, 2.75) is 183 Å². The van der Waals surface area contributed by atoms with Crippen LogP contribution in [0.25, 0.3) is 0 Å². The number of aliphatic hydroxyl groups is 1. The van der Waals surface area contributed by atoms with Gasteiger partial charge in [0, 0.05) is 36.1 Å². The largest absolute Gasteiger partial charge is 0.494 e. The van der Waals surface area contributed by atoms with Crippen LogP contribution in [-0.4, -0.2) is 197 Å². The number of carbonyl (C=O) groups excluding carboxylic acids is 10. The van der Waals surface area contributed by atoms with Crippen molar-refractivity contribution < 1.29 is 72.5 Å². The molecule has 27 nitrogen and oxygen atoms in total. The molecule has 1 aromatic rings. The molecule has 2 saturated heterocycles. The Balaban J connectivity index is 1.56. The predicted molar refractivity (Wildman–Crippen MR) is 321 cm³/mol. The number of nitrogens with zero attached hydrogens (tertiary/aromatic N) is 3. The summed E-state index contributed by atoms with van der Waals surface area (Å²) in [5.41, 5.74) is 13.1. The number of ether oxygens (including phenoxy) is 1. The van der Waals surface area contributed by atoms with Gasteiger partial charge < -0.3 is 78.3 Å². The number of nitrogens with one attached hydrogen (secondary N) is 7. The van der Waals surface area contributed by atoms with Gasteiger partial charge in [0.25, 0.3) is 5.91 Å². The maximum Gasteiger partial charge on any atom is 0.305 e. The van der Waals surface area contributed by atoms with Crippen LogP contribution in [0.3, 0.4) is 0 Å². The van der Waals surface area contributed by atoms with Crippen LogP contribution in [0.4, 0.5) is 0 Å². The number of carbonyl (C=O) groups is 11. The van der Waals surface area contributed by atoms with Gasteiger partial charge in [-0.25, -0.2) is 0 Å². The third-order valence-corrected chi connectivity index (χ3v) is 17.2. The van der Waals surface area contributed by atoms with E-state index in [0.29, 0.717) is 63.8 Å². The molecule has 0 unspecified atom stereocenters. The van der Waals surface area contributed by atoms with Crippen LogP contribution in [0, 0.1) is 11.8 Å². The smallest absolute Gasteiger partial charge is 0.305 e. The van der Waals surface area contributed by atoms with E-state index in [9.17, 15) is 58.2 Å². The Morgan fingerprint density at radius 2 is 1.24 bits per heavy atom. The zero-order valence-electron chi connectivity index (χ0n) is 49.6. The molecule has 4 aliphatic rings. The number of primary amides is 1. The van der Waals surface area contributed by atoms with Crippen molar-refractivity contribution in [3.63, 3.8) is 0 Å². The van der Waals surface area contributed by atoms with Gasteiger partial charge in [0.2, 0.25) is 53.2 Å². The molecule has 0 aliphatic carbocycles. The van der Waals surface area contributed by atoms with E-state index in [0.717, 1.165) is 30.2 Å². The van der Waals surface area contributed by atoms with Gasteiger partial charge in [-0.2, -0.15) is 23.5 Å². The molecule has 2 fully saturated rings. The van der Waals surface area contributed by atoms with Crippen LogP contribution in [0.15, 0.2) is 23.4 Å². The van der Waals surface area contributed by atoms with Crippen molar-refractivity contribution in [1.29, 1.82) is 0 Å². The third-order valence-electron chi connectivity index (χ3n) is 15.0. The molecule has 10 amide bonds. The fourth-order valence-corrected chi connectivity index (χ4v) is 12.4. The van der Waals surface area contributed by atoms with E-state index in [1.807, 2.05) is 18.2 Å². The SMILES string of the molecule is CC(C)C[C@@H]1NC(=O)[C@@H]2CCCN2C(=O)[C@@H]2CSCc3cc(cc(c3)OCCCCCCO/N=C/C(=O)N[C@@H](CCCCCN)C(=O)N2)CSC[C@@H](C(N)=O)NC(=O)[C@H](CO)NC(=O)[C@@H]2CCCN2C(=O)[C@H](C(C)C)NC(=O)[C@H](CC(=O)O)NC1=O. The second-order valence-electron chi connectivity index (χ2n) is 22.8. The number of rotatable bonds is 12. The highest BCUT2D eigenvalue weighted by Gasteiger charge is 2.43. The number of aliphatic hydroxyl groups excluding tert-OH is 1. The molecule has 1 aromatic carbocycles. The molecule has 5 rings (SSSR count). The average Bonchev–Trinajstić information content (AvgIpc) is 2.02. The standard InChI is InChI=1S/C57H88N12O15S2/c1-33(2)22-39-51(76)62-40(26-47(72)73)52(77)67-48(34(3)4)57(82)69-19-13-16-45(69)55(80)64-41(28-70)53(78)65-42(49(59)74)31-85-29-35-23-36-25-37(24-35)83-20-10-5-6-11-21-84-60-27-46(71)61-38(14-8-7-9-17-58)50(75)66-43(32-86-30-36)56(81)68-18-12-15-44(68)54(79)63-39/h23-25,27,33-34,38-45,48,70H,5-22,26,28-32,58H2,1-4H3,(H2,59,74)(H,61,71)(H,62,76)(H,63,79)(H,64,80)(H,65,78)(H,66,75)(H,67,77)(H,72,73)/b60-27+/t38-,39-,40-,41-,42-,43-,44-,45-,48-/m0/s1. The number of hydrogen-bond acceptors (Lipinski definition) is 18. The summed E-state index contributed by atoms with van der Waals surface area (Å²) >= 11 is 2.55. The van der Waals surface area contributed by atoms with Crippen LogP contribution >= 0.6 is 23.5 Å². The van der Waals surface area contributed by atoms with Gasteiger partial charge in [0.1, 0.15) is 72.9 Å². The molecular weight excluding hydrogens is 1160 g/mol. The van der Waals surface area contributed by atoms with Crippen molar-refractivity contribution in [3.8, 4) is 5.75 Å². The van der Waals surface area contributed by atoms with Gasteiger partial charge in [-0.1, -0.05) is 51.8 Å². The Bertz CT molecular complexity index is 2560. The molecule has 0 radical (unpaired) electrons. The summed E-state index contributed by atoms with van der Waals surface area (Å²) in [4.78, 5) is 161. The number of oxime groups is 1. The first-order valence-corrected chi connectivity index (χ1v) is 32.0. The van der Waals surface area contributed by atoms with E-state index in [4.69, 9.17) is 21.0 Å². The van der Waals surface area contributed by atoms with Crippen LogP contribution in [0.2, 0.25) is 0 Å². The van der Waals surface area contributed by atoms with Gasteiger partial charge in [-0.3, -0.25) is 52.7 Å². The maximum atomic E-state index is 15.0. The van der Waals surface area contributed by atoms with Gasteiger partial charge in [-0.15, -0.1) is 0 Å². The Morgan fingerprint density at radius 3 is 1.85 bits per heavy atom. The lowest BCUT2D eigenvalue weighted by Gasteiger charge is -2.32. The summed E-state index contributed by atoms with van der Waals surface area (Å²) < 4.78 is 6.26. The number of fused-ring (bicyclic) bond motifs is 7. The van der Waals surface area contributed by atoms with Crippen molar-refractivity contribution in [2.75, 3.05) is 51.0 Å². The zero-order valence-corrected chi connectivity index (χ0v) is 51.3. The molecule has 0 saturated carbocycles. The number of thioether (sulfide) groups is 2. The maximum absolute atomic E-state index is 15.0. The van der Waals surface area contributed by atoms with Gasteiger partial charge in [0.05, 0.1) is 19.6 Å². The van der Waals surface area contributed by atoms with Crippen molar-refractivity contribution in [1.82, 2.24) is 47.0 Å². The highest BCUT2D eigenvalue weighted by molar-refractivity contribution is 7.98. The predicted octanol–water partition coefficient (Wildman–Crippen LogP) is -0.329. The molecule has 4 heterocycles. The summed E-state index contributed by atoms with van der Waals surface area (Å²) in [6.07, 6.45) is 5.92. The summed E-state index contributed by atoms with van der Waals surface area (Å²) in [6, 6.07) is -6.48. The first kappa shape index (κ1) is 70.0. The molecule has 4 bridgehead atoms. The molecular formula is C57H88N12O15S2. The molecule has 29 heteroatoms. The second kappa shape index (κ2) is 35.8. The van der Waals surface area contributed by atoms with E-state index >= 15 is 4.79 Å². The quantitative estimate of drug-likeness (QED) is 0.119. The monoisotopic (exact) mass is 1240 g/mol. The molecule has 13 N–H and O–H groups in total. The highest BCUT2D eigenvalue weighted by Crippen LogP contribution is 2.28. The summed E-state index contributed by atoms with van der Waals surface area (Å²) in [6.45, 7) is 7.02. The van der Waals surface area contributed by atoms with Crippen molar-refractivity contribution >= 4 is 94.8 Å². The molecule has 478 valence electrons. The number of aliphatic carboxylic acids is 1. The number of carboxylic acid groups (broad SMARTS) is 1. The third kappa shape index (κ3) is 22.2. The van der Waals surface area contributed by atoms with Gasteiger partial charge in [0.15, 0.2) is 0 Å². The molecule has 0 aromatic heterocycles. The van der Waals surface area contributed by atoms with E-state index < -0.39 is 138 Å². The molecule has 0 spiro atoms. The fraction of sp³-hybridized carbons (Fsp3) is 0.684. The Morgan fingerprint density at radius 1 is 0.663 bits per heavy atom. The minimum Gasteiger partial charge on any atom is -0.494 e. The Labute approximate surface area is 510 Å². The first-order valence-electron chi connectivity index (χ1n) is 29.7. The molecule has 4 aliphatic heterocycles. The van der Waals surface area contributed by atoms with Crippen LogP contribution in [0.1, 0.15) is 129 Å².